The topological polar surface area (TPSA) is 51.8 Å². The van der Waals surface area contributed by atoms with Crippen LogP contribution in [-0.2, 0) is 0 Å². The molecule has 0 bridgehead atoms. The van der Waals surface area contributed by atoms with E-state index in [9.17, 15) is 0 Å². The molecule has 2 heterocycles. The van der Waals surface area contributed by atoms with Crippen LogP contribution in [-0.4, -0.2) is 9.97 Å². The van der Waals surface area contributed by atoms with Gasteiger partial charge in [0.05, 0.1) is 11.9 Å². The van der Waals surface area contributed by atoms with Crippen LogP contribution >= 0.6 is 23.1 Å². The fourth-order valence-electron chi connectivity index (χ4n) is 0.921. The Kier molecular flexibility index (Phi) is 2.69. The monoisotopic (exact) mass is 223 g/mol. The molecule has 2 aromatic rings. The molecule has 0 aliphatic carbocycles. The zero-order chi connectivity index (χ0) is 9.97. The van der Waals surface area contributed by atoms with Gasteiger partial charge in [-0.05, 0) is 30.8 Å². The summed E-state index contributed by atoms with van der Waals surface area (Å²) < 4.78 is 1.01. The number of nitrogens with zero attached hydrogens (tertiary/aromatic N) is 2. The molecule has 0 atom stereocenters. The van der Waals surface area contributed by atoms with Gasteiger partial charge in [-0.15, -0.1) is 11.3 Å². The van der Waals surface area contributed by atoms with Crippen molar-refractivity contribution in [1.82, 2.24) is 9.97 Å². The smallest absolute Gasteiger partial charge is 0.156 e. The maximum absolute atomic E-state index is 5.54. The second kappa shape index (κ2) is 3.98. The minimum absolute atomic E-state index is 0.685. The van der Waals surface area contributed by atoms with E-state index in [2.05, 4.69) is 9.97 Å². The van der Waals surface area contributed by atoms with E-state index in [-0.39, 0.29) is 0 Å². The van der Waals surface area contributed by atoms with Gasteiger partial charge in [-0.3, -0.25) is 0 Å². The second-order valence-electron chi connectivity index (χ2n) is 2.79. The van der Waals surface area contributed by atoms with Gasteiger partial charge in [0, 0.05) is 11.1 Å². The maximum Gasteiger partial charge on any atom is 0.156 e. The maximum atomic E-state index is 5.54. The van der Waals surface area contributed by atoms with Crippen LogP contribution in [0.5, 0.6) is 0 Å². The number of hydrogen-bond donors (Lipinski definition) is 1. The Morgan fingerprint density at radius 1 is 1.43 bits per heavy atom. The second-order valence-corrected chi connectivity index (χ2v) is 4.91. The van der Waals surface area contributed by atoms with Crippen molar-refractivity contribution in [2.75, 3.05) is 5.73 Å². The molecule has 3 nitrogen and oxygen atoms in total. The Labute approximate surface area is 90.4 Å². The molecule has 5 heteroatoms. The van der Waals surface area contributed by atoms with Gasteiger partial charge >= 0.3 is 0 Å². The lowest BCUT2D eigenvalue weighted by Crippen LogP contribution is -1.86. The zero-order valence-electron chi connectivity index (χ0n) is 7.60. The van der Waals surface area contributed by atoms with Gasteiger partial charge in [-0.2, -0.15) is 0 Å². The van der Waals surface area contributed by atoms with Gasteiger partial charge in [0.2, 0.25) is 0 Å². The van der Waals surface area contributed by atoms with Gasteiger partial charge in [0.25, 0.3) is 0 Å². The summed E-state index contributed by atoms with van der Waals surface area (Å²) in [4.78, 5) is 8.53. The van der Waals surface area contributed by atoms with Crippen molar-refractivity contribution < 1.29 is 0 Å². The number of thiazole rings is 1. The lowest BCUT2D eigenvalue weighted by molar-refractivity contribution is 1.11. The molecule has 0 amide bonds. The summed E-state index contributed by atoms with van der Waals surface area (Å²) in [5.74, 6) is 0. The molecule has 0 saturated carbocycles. The van der Waals surface area contributed by atoms with Gasteiger partial charge in [0.15, 0.2) is 4.34 Å². The first-order valence-corrected chi connectivity index (χ1v) is 5.75. The Morgan fingerprint density at radius 2 is 2.29 bits per heavy atom. The molecular formula is C9H9N3S2. The molecule has 0 radical (unpaired) electrons. The predicted octanol–water partition coefficient (Wildman–Crippen LogP) is 2.58. The number of nitrogen functional groups attached to an aromatic ring is 1. The van der Waals surface area contributed by atoms with Gasteiger partial charge in [-0.25, -0.2) is 9.97 Å². The van der Waals surface area contributed by atoms with E-state index in [1.54, 1.807) is 29.3 Å². The lowest BCUT2D eigenvalue weighted by Gasteiger charge is -1.96. The Bertz CT molecular complexity index is 422. The molecule has 0 unspecified atom stereocenters. The van der Waals surface area contributed by atoms with Gasteiger partial charge in [-0.1, -0.05) is 0 Å². The Morgan fingerprint density at radius 3 is 2.86 bits per heavy atom. The van der Waals surface area contributed by atoms with E-state index >= 15 is 0 Å². The lowest BCUT2D eigenvalue weighted by atomic mass is 10.4. The molecule has 2 N–H and O–H groups in total. The van der Waals surface area contributed by atoms with E-state index in [1.165, 1.54) is 0 Å². The molecule has 0 aliphatic heterocycles. The molecule has 2 aromatic heterocycles. The molecule has 72 valence electrons. The zero-order valence-corrected chi connectivity index (χ0v) is 9.23. The van der Waals surface area contributed by atoms with E-state index in [0.717, 1.165) is 15.1 Å². The van der Waals surface area contributed by atoms with E-state index in [4.69, 9.17) is 5.73 Å². The number of aryl methyl sites for hydroxylation is 1. The third-order valence-corrected chi connectivity index (χ3v) is 3.56. The van der Waals surface area contributed by atoms with Crippen LogP contribution in [0.25, 0.3) is 0 Å². The average molecular weight is 223 g/mol. The van der Waals surface area contributed by atoms with Crippen molar-refractivity contribution in [1.29, 1.82) is 0 Å². The van der Waals surface area contributed by atoms with Crippen LogP contribution in [0.4, 0.5) is 5.69 Å². The van der Waals surface area contributed by atoms with Crippen LogP contribution < -0.4 is 5.73 Å². The summed E-state index contributed by atoms with van der Waals surface area (Å²) in [6.07, 6.45) is 1.66. The Balaban J connectivity index is 2.15. The molecular weight excluding hydrogens is 214 g/mol. The van der Waals surface area contributed by atoms with Crippen LogP contribution in [0.1, 0.15) is 5.69 Å². The summed E-state index contributed by atoms with van der Waals surface area (Å²) in [5.41, 5.74) is 7.27. The minimum Gasteiger partial charge on any atom is -0.397 e. The minimum atomic E-state index is 0.685. The predicted molar refractivity (Wildman–Crippen MR) is 59.6 cm³/mol. The molecule has 0 aromatic carbocycles. The summed E-state index contributed by atoms with van der Waals surface area (Å²) in [5, 5.41) is 2.95. The third kappa shape index (κ3) is 2.24. The average Bonchev–Trinajstić information content (AvgIpc) is 2.56. The van der Waals surface area contributed by atoms with Crippen molar-refractivity contribution in [3.8, 4) is 0 Å². The summed E-state index contributed by atoms with van der Waals surface area (Å²) in [6, 6.07) is 3.74. The first kappa shape index (κ1) is 9.48. The number of nitrogens with two attached hydrogens (primary N) is 1. The highest BCUT2D eigenvalue weighted by Crippen LogP contribution is 2.28. The molecule has 2 rings (SSSR count). The van der Waals surface area contributed by atoms with Crippen molar-refractivity contribution >= 4 is 28.8 Å². The highest BCUT2D eigenvalue weighted by molar-refractivity contribution is 8.01. The first-order valence-electron chi connectivity index (χ1n) is 4.05. The van der Waals surface area contributed by atoms with Crippen LogP contribution in [0, 0.1) is 6.92 Å². The number of pyridine rings is 1. The van der Waals surface area contributed by atoms with Crippen molar-refractivity contribution in [3.05, 3.63) is 29.4 Å². The third-order valence-electron chi connectivity index (χ3n) is 1.55. The van der Waals surface area contributed by atoms with E-state index in [1.807, 2.05) is 24.4 Å². The standard InChI is InChI=1S/C9H9N3S2/c1-6-5-13-9(12-6)14-8-3-2-7(10)4-11-8/h2-5H,10H2,1H3. The highest BCUT2D eigenvalue weighted by Gasteiger charge is 2.02. The molecule has 0 saturated heterocycles. The van der Waals surface area contributed by atoms with E-state index in [0.29, 0.717) is 5.69 Å². The number of aromatic nitrogens is 2. The van der Waals surface area contributed by atoms with Crippen LogP contribution in [0.15, 0.2) is 33.1 Å². The fourth-order valence-corrected chi connectivity index (χ4v) is 2.64. The largest absolute Gasteiger partial charge is 0.397 e. The highest BCUT2D eigenvalue weighted by atomic mass is 32.2. The van der Waals surface area contributed by atoms with E-state index < -0.39 is 0 Å². The Hall–Kier alpha value is -1.07. The summed E-state index contributed by atoms with van der Waals surface area (Å²) >= 11 is 3.19. The molecule has 0 fully saturated rings. The van der Waals surface area contributed by atoms with Crippen LogP contribution in [0.2, 0.25) is 0 Å². The number of rotatable bonds is 2. The van der Waals surface area contributed by atoms with Crippen molar-refractivity contribution in [2.24, 2.45) is 0 Å². The first-order chi connectivity index (χ1) is 6.74. The SMILES string of the molecule is Cc1csc(Sc2ccc(N)cn2)n1. The molecule has 14 heavy (non-hydrogen) atoms. The summed E-state index contributed by atoms with van der Waals surface area (Å²) in [6.45, 7) is 1.98. The van der Waals surface area contributed by atoms with Crippen LogP contribution in [0.3, 0.4) is 0 Å². The summed E-state index contributed by atoms with van der Waals surface area (Å²) in [7, 11) is 0. The normalized spacial score (nSPS) is 10.4. The van der Waals surface area contributed by atoms with Crippen molar-refractivity contribution in [2.45, 2.75) is 16.3 Å². The molecule has 0 spiro atoms. The van der Waals surface area contributed by atoms with Gasteiger partial charge in [0.1, 0.15) is 5.03 Å². The fraction of sp³-hybridized carbons (Fsp3) is 0.111. The quantitative estimate of drug-likeness (QED) is 0.850. The number of hydrogen-bond acceptors (Lipinski definition) is 5. The van der Waals surface area contributed by atoms with Crippen molar-refractivity contribution in [3.63, 3.8) is 0 Å². The number of anilines is 1. The van der Waals surface area contributed by atoms with Gasteiger partial charge < -0.3 is 5.73 Å². The molecule has 0 aliphatic rings.